The summed E-state index contributed by atoms with van der Waals surface area (Å²) in [6.45, 7) is 0. The number of hydrogen-bond acceptors (Lipinski definition) is 2. The molecule has 0 atom stereocenters. The quantitative estimate of drug-likeness (QED) is 0.789. The first-order valence-electron chi connectivity index (χ1n) is 6.77. The number of primary amides is 1. The van der Waals surface area contributed by atoms with Crippen molar-refractivity contribution in [3.63, 3.8) is 0 Å². The van der Waals surface area contributed by atoms with Crippen LogP contribution in [-0.2, 0) is 0 Å². The van der Waals surface area contributed by atoms with Crippen molar-refractivity contribution in [2.24, 2.45) is 5.73 Å². The summed E-state index contributed by atoms with van der Waals surface area (Å²) >= 11 is 6.56. The van der Waals surface area contributed by atoms with Crippen LogP contribution in [0.5, 0.6) is 0 Å². The lowest BCUT2D eigenvalue weighted by Gasteiger charge is -2.10. The Bertz CT molecular complexity index is 814. The maximum Gasteiger partial charge on any atom is 0.267 e. The molecule has 4 heteroatoms. The van der Waals surface area contributed by atoms with Crippen molar-refractivity contribution in [3.8, 4) is 22.3 Å². The molecule has 2 aromatic carbocycles. The van der Waals surface area contributed by atoms with E-state index in [0.29, 0.717) is 5.02 Å². The molecule has 0 unspecified atom stereocenters. The number of carbonyl (C=O) groups excluding carboxylic acids is 1. The van der Waals surface area contributed by atoms with Crippen molar-refractivity contribution in [1.82, 2.24) is 4.98 Å². The van der Waals surface area contributed by atoms with Crippen molar-refractivity contribution >= 4 is 17.5 Å². The number of pyridine rings is 1. The van der Waals surface area contributed by atoms with Gasteiger partial charge in [-0.15, -0.1) is 0 Å². The average molecular weight is 309 g/mol. The zero-order chi connectivity index (χ0) is 15.5. The topological polar surface area (TPSA) is 56.0 Å². The summed E-state index contributed by atoms with van der Waals surface area (Å²) in [5.74, 6) is -0.546. The first kappa shape index (κ1) is 14.3. The third-order valence-electron chi connectivity index (χ3n) is 3.41. The third kappa shape index (κ3) is 2.71. The molecular weight excluding hydrogens is 296 g/mol. The number of nitrogens with zero attached hydrogens (tertiary/aromatic N) is 1. The lowest BCUT2D eigenvalue weighted by Crippen LogP contribution is -2.12. The number of hydrogen-bond donors (Lipinski definition) is 1. The van der Waals surface area contributed by atoms with E-state index in [1.807, 2.05) is 48.5 Å². The van der Waals surface area contributed by atoms with Gasteiger partial charge in [0.25, 0.3) is 5.91 Å². The van der Waals surface area contributed by atoms with Gasteiger partial charge < -0.3 is 5.73 Å². The number of amides is 1. The van der Waals surface area contributed by atoms with Gasteiger partial charge in [-0.25, -0.2) is 0 Å². The second-order valence-electron chi connectivity index (χ2n) is 4.83. The number of halogens is 1. The van der Waals surface area contributed by atoms with Crippen LogP contribution in [0.4, 0.5) is 0 Å². The van der Waals surface area contributed by atoms with Crippen LogP contribution in [0.3, 0.4) is 0 Å². The van der Waals surface area contributed by atoms with Crippen molar-refractivity contribution in [3.05, 3.63) is 77.6 Å². The zero-order valence-corrected chi connectivity index (χ0v) is 12.4. The number of nitrogens with two attached hydrogens (primary N) is 1. The predicted molar refractivity (Wildman–Crippen MR) is 88.6 cm³/mol. The van der Waals surface area contributed by atoms with Crippen LogP contribution in [0.25, 0.3) is 22.3 Å². The molecule has 1 amide bonds. The molecule has 1 heterocycles. The SMILES string of the molecule is NC(=O)c1ccc(-c2cccc(-c3ccccc3)c2Cl)cn1. The minimum atomic E-state index is -0.546. The summed E-state index contributed by atoms with van der Waals surface area (Å²) in [5.41, 5.74) is 9.16. The van der Waals surface area contributed by atoms with E-state index in [9.17, 15) is 4.79 Å². The average Bonchev–Trinajstić information content (AvgIpc) is 2.56. The lowest BCUT2D eigenvalue weighted by atomic mass is 9.99. The van der Waals surface area contributed by atoms with Gasteiger partial charge in [0.15, 0.2) is 0 Å². The van der Waals surface area contributed by atoms with Crippen molar-refractivity contribution in [2.75, 3.05) is 0 Å². The Balaban J connectivity index is 2.07. The summed E-state index contributed by atoms with van der Waals surface area (Å²) in [5, 5.41) is 0.655. The fourth-order valence-corrected chi connectivity index (χ4v) is 2.64. The predicted octanol–water partition coefficient (Wildman–Crippen LogP) is 4.17. The van der Waals surface area contributed by atoms with Crippen LogP contribution < -0.4 is 5.73 Å². The van der Waals surface area contributed by atoms with E-state index in [2.05, 4.69) is 4.98 Å². The van der Waals surface area contributed by atoms with Gasteiger partial charge in [0.05, 0.1) is 5.02 Å². The van der Waals surface area contributed by atoms with Gasteiger partial charge in [-0.05, 0) is 11.6 Å². The molecule has 0 aliphatic carbocycles. The molecule has 3 aromatic rings. The summed E-state index contributed by atoms with van der Waals surface area (Å²) in [6.07, 6.45) is 1.61. The Kier molecular flexibility index (Phi) is 3.90. The number of rotatable bonds is 3. The molecule has 0 saturated heterocycles. The van der Waals surface area contributed by atoms with Gasteiger partial charge in [0.1, 0.15) is 5.69 Å². The summed E-state index contributed by atoms with van der Waals surface area (Å²) < 4.78 is 0. The van der Waals surface area contributed by atoms with Gasteiger partial charge in [-0.2, -0.15) is 0 Å². The van der Waals surface area contributed by atoms with Gasteiger partial charge in [0.2, 0.25) is 0 Å². The van der Waals surface area contributed by atoms with Crippen LogP contribution in [0.2, 0.25) is 5.02 Å². The maximum absolute atomic E-state index is 11.1. The van der Waals surface area contributed by atoms with Gasteiger partial charge in [-0.3, -0.25) is 9.78 Å². The zero-order valence-electron chi connectivity index (χ0n) is 11.7. The number of carbonyl (C=O) groups is 1. The van der Waals surface area contributed by atoms with Gasteiger partial charge in [-0.1, -0.05) is 66.2 Å². The Labute approximate surface area is 133 Å². The van der Waals surface area contributed by atoms with E-state index in [4.69, 9.17) is 17.3 Å². The van der Waals surface area contributed by atoms with E-state index < -0.39 is 5.91 Å². The molecule has 0 radical (unpaired) electrons. The highest BCUT2D eigenvalue weighted by atomic mass is 35.5. The molecule has 3 rings (SSSR count). The van der Waals surface area contributed by atoms with Crippen molar-refractivity contribution in [1.29, 1.82) is 0 Å². The molecule has 3 nitrogen and oxygen atoms in total. The Hall–Kier alpha value is -2.65. The van der Waals surface area contributed by atoms with Gasteiger partial charge in [0, 0.05) is 22.9 Å². The third-order valence-corrected chi connectivity index (χ3v) is 3.82. The van der Waals surface area contributed by atoms with E-state index in [1.54, 1.807) is 18.3 Å². The first-order chi connectivity index (χ1) is 10.7. The molecule has 0 aliphatic heterocycles. The molecule has 22 heavy (non-hydrogen) atoms. The standard InChI is InChI=1S/C18H13ClN2O/c19-17-14(12-5-2-1-3-6-12)7-4-8-15(17)13-9-10-16(18(20)22)21-11-13/h1-11H,(H2,20,22). The van der Waals surface area contributed by atoms with E-state index in [0.717, 1.165) is 22.3 Å². The van der Waals surface area contributed by atoms with Gasteiger partial charge >= 0.3 is 0 Å². The summed E-state index contributed by atoms with van der Waals surface area (Å²) in [7, 11) is 0. The first-order valence-corrected chi connectivity index (χ1v) is 7.15. The van der Waals surface area contributed by atoms with E-state index in [-0.39, 0.29) is 5.69 Å². The fraction of sp³-hybridized carbons (Fsp3) is 0. The Morgan fingerprint density at radius 1 is 0.864 bits per heavy atom. The van der Waals surface area contributed by atoms with Crippen LogP contribution in [0, 0.1) is 0 Å². The monoisotopic (exact) mass is 308 g/mol. The summed E-state index contributed by atoms with van der Waals surface area (Å²) in [4.78, 5) is 15.2. The van der Waals surface area contributed by atoms with Crippen LogP contribution in [0.1, 0.15) is 10.5 Å². The number of benzene rings is 2. The molecule has 0 aliphatic rings. The second-order valence-corrected chi connectivity index (χ2v) is 5.21. The van der Waals surface area contributed by atoms with Crippen molar-refractivity contribution < 1.29 is 4.79 Å². The minimum Gasteiger partial charge on any atom is -0.364 e. The highest BCUT2D eigenvalue weighted by Crippen LogP contribution is 2.35. The highest BCUT2D eigenvalue weighted by molar-refractivity contribution is 6.36. The highest BCUT2D eigenvalue weighted by Gasteiger charge is 2.10. The van der Waals surface area contributed by atoms with E-state index in [1.165, 1.54) is 0 Å². The smallest absolute Gasteiger partial charge is 0.267 e. The normalized spacial score (nSPS) is 10.4. The van der Waals surface area contributed by atoms with Crippen molar-refractivity contribution in [2.45, 2.75) is 0 Å². The fourth-order valence-electron chi connectivity index (χ4n) is 2.29. The lowest BCUT2D eigenvalue weighted by molar-refractivity contribution is 0.0995. The largest absolute Gasteiger partial charge is 0.364 e. The Morgan fingerprint density at radius 3 is 2.14 bits per heavy atom. The summed E-state index contributed by atoms with van der Waals surface area (Å²) in [6, 6.07) is 19.2. The van der Waals surface area contributed by atoms with E-state index >= 15 is 0 Å². The maximum atomic E-state index is 11.1. The van der Waals surface area contributed by atoms with Crippen LogP contribution >= 0.6 is 11.6 Å². The molecule has 0 fully saturated rings. The number of aromatic nitrogens is 1. The molecule has 108 valence electrons. The molecule has 0 spiro atoms. The molecular formula is C18H13ClN2O. The molecule has 2 N–H and O–H groups in total. The minimum absolute atomic E-state index is 0.235. The van der Waals surface area contributed by atoms with Crippen LogP contribution in [0.15, 0.2) is 66.9 Å². The second kappa shape index (κ2) is 6.00. The molecule has 1 aromatic heterocycles. The Morgan fingerprint density at radius 2 is 1.55 bits per heavy atom. The molecule has 0 saturated carbocycles. The van der Waals surface area contributed by atoms with Crippen LogP contribution in [-0.4, -0.2) is 10.9 Å². The molecule has 0 bridgehead atoms.